The lowest BCUT2D eigenvalue weighted by atomic mass is 10.1. The molecule has 11 heteroatoms. The van der Waals surface area contributed by atoms with Crippen LogP contribution >= 0.6 is 0 Å². The molecule has 5 rings (SSSR count). The Hall–Kier alpha value is -3.41. The SMILES string of the molecule is Nc1cncc(C2CN3C=CNC3C(Nc3ccc(N4CCN(CC(CO)CO)CC4)cc3)=N2)n1. The van der Waals surface area contributed by atoms with Crippen molar-refractivity contribution in [3.05, 3.63) is 54.8 Å². The van der Waals surface area contributed by atoms with E-state index in [4.69, 9.17) is 10.7 Å². The summed E-state index contributed by atoms with van der Waals surface area (Å²) in [5, 5.41) is 25.5. The number of nitrogens with two attached hydrogens (primary N) is 1. The van der Waals surface area contributed by atoms with Gasteiger partial charge in [0.1, 0.15) is 17.7 Å². The summed E-state index contributed by atoms with van der Waals surface area (Å²) in [6.45, 7) is 5.13. The van der Waals surface area contributed by atoms with Crippen LogP contribution in [0, 0.1) is 5.92 Å². The predicted molar refractivity (Wildman–Crippen MR) is 136 cm³/mol. The largest absolute Gasteiger partial charge is 0.396 e. The molecule has 0 saturated carbocycles. The van der Waals surface area contributed by atoms with E-state index in [1.807, 2.05) is 12.4 Å². The Kier molecular flexibility index (Phi) is 6.98. The molecule has 0 aliphatic carbocycles. The van der Waals surface area contributed by atoms with Crippen molar-refractivity contribution in [3.8, 4) is 0 Å². The molecule has 4 heterocycles. The zero-order valence-electron chi connectivity index (χ0n) is 19.7. The van der Waals surface area contributed by atoms with Crippen LogP contribution in [-0.2, 0) is 0 Å². The van der Waals surface area contributed by atoms with Gasteiger partial charge in [0, 0.05) is 82.2 Å². The van der Waals surface area contributed by atoms with E-state index in [1.165, 1.54) is 11.9 Å². The summed E-state index contributed by atoms with van der Waals surface area (Å²) in [6, 6.07) is 8.25. The third kappa shape index (κ3) is 5.31. The van der Waals surface area contributed by atoms with Gasteiger partial charge >= 0.3 is 0 Å². The van der Waals surface area contributed by atoms with Gasteiger partial charge in [-0.15, -0.1) is 0 Å². The van der Waals surface area contributed by atoms with Crippen molar-refractivity contribution >= 4 is 23.0 Å². The topological polar surface area (TPSA) is 138 Å². The summed E-state index contributed by atoms with van der Waals surface area (Å²) in [5.74, 6) is 1.14. The first-order valence-corrected chi connectivity index (χ1v) is 12.0. The minimum absolute atomic E-state index is 0.0220. The lowest BCUT2D eigenvalue weighted by molar-refractivity contribution is 0.107. The Morgan fingerprint density at radius 3 is 2.57 bits per heavy atom. The third-order valence-corrected chi connectivity index (χ3v) is 6.71. The van der Waals surface area contributed by atoms with E-state index in [-0.39, 0.29) is 31.3 Å². The quantitative estimate of drug-likeness (QED) is 0.370. The number of nitrogens with one attached hydrogen (secondary N) is 2. The van der Waals surface area contributed by atoms with E-state index in [9.17, 15) is 10.2 Å². The van der Waals surface area contributed by atoms with Crippen molar-refractivity contribution in [3.63, 3.8) is 0 Å². The molecule has 2 unspecified atom stereocenters. The number of aliphatic imine (C=N–C) groups is 1. The minimum atomic E-state index is -0.166. The average molecular weight is 480 g/mol. The number of rotatable bonds is 7. The fourth-order valence-corrected chi connectivity index (χ4v) is 4.74. The average Bonchev–Trinajstić information content (AvgIpc) is 3.37. The summed E-state index contributed by atoms with van der Waals surface area (Å²) >= 11 is 0. The second kappa shape index (κ2) is 10.5. The molecule has 1 fully saturated rings. The van der Waals surface area contributed by atoms with Crippen molar-refractivity contribution in [1.29, 1.82) is 0 Å². The molecule has 3 aliphatic heterocycles. The number of fused-ring (bicyclic) bond motifs is 1. The molecule has 1 aromatic carbocycles. The maximum Gasteiger partial charge on any atom is 0.158 e. The number of anilines is 3. The molecule has 1 saturated heterocycles. The summed E-state index contributed by atoms with van der Waals surface area (Å²) in [6.07, 6.45) is 7.17. The number of aliphatic hydroxyl groups excluding tert-OH is 2. The molecule has 186 valence electrons. The Balaban J connectivity index is 1.23. The second-order valence-corrected chi connectivity index (χ2v) is 9.17. The van der Waals surface area contributed by atoms with Crippen LogP contribution in [0.25, 0.3) is 0 Å². The van der Waals surface area contributed by atoms with Gasteiger partial charge in [-0.3, -0.25) is 14.9 Å². The Morgan fingerprint density at radius 2 is 1.86 bits per heavy atom. The molecule has 2 aromatic rings. The Labute approximate surface area is 205 Å². The molecule has 0 amide bonds. The van der Waals surface area contributed by atoms with Crippen molar-refractivity contribution in [1.82, 2.24) is 25.1 Å². The van der Waals surface area contributed by atoms with Crippen molar-refractivity contribution in [2.45, 2.75) is 12.2 Å². The number of amidine groups is 1. The molecule has 0 radical (unpaired) electrons. The monoisotopic (exact) mass is 479 g/mol. The van der Waals surface area contributed by atoms with Crippen LogP contribution in [0.2, 0.25) is 0 Å². The van der Waals surface area contributed by atoms with Gasteiger partial charge in [0.05, 0.1) is 18.1 Å². The molecule has 6 N–H and O–H groups in total. The number of benzene rings is 1. The number of nitrogens with zero attached hydrogens (tertiary/aromatic N) is 6. The van der Waals surface area contributed by atoms with E-state index in [0.717, 1.165) is 49.9 Å². The maximum atomic E-state index is 9.33. The molecular formula is C24H33N9O2. The van der Waals surface area contributed by atoms with Gasteiger partial charge < -0.3 is 36.4 Å². The molecule has 3 aliphatic rings. The van der Waals surface area contributed by atoms with Crippen LogP contribution in [0.4, 0.5) is 17.2 Å². The molecule has 0 bridgehead atoms. The maximum absolute atomic E-state index is 9.33. The van der Waals surface area contributed by atoms with Gasteiger partial charge in [-0.05, 0) is 24.3 Å². The molecule has 35 heavy (non-hydrogen) atoms. The first kappa shape index (κ1) is 23.3. The predicted octanol–water partition coefficient (Wildman–Crippen LogP) is 0.0494. The Bertz CT molecular complexity index is 1050. The lowest BCUT2D eigenvalue weighted by Gasteiger charge is -2.37. The first-order chi connectivity index (χ1) is 17.1. The van der Waals surface area contributed by atoms with Crippen LogP contribution in [0.1, 0.15) is 11.7 Å². The van der Waals surface area contributed by atoms with E-state index in [1.54, 1.807) is 6.20 Å². The van der Waals surface area contributed by atoms with Crippen LogP contribution in [0.3, 0.4) is 0 Å². The van der Waals surface area contributed by atoms with E-state index in [2.05, 4.69) is 59.6 Å². The van der Waals surface area contributed by atoms with E-state index >= 15 is 0 Å². The Morgan fingerprint density at radius 1 is 1.09 bits per heavy atom. The van der Waals surface area contributed by atoms with Gasteiger partial charge in [-0.2, -0.15) is 0 Å². The lowest BCUT2D eigenvalue weighted by Crippen LogP contribution is -2.50. The van der Waals surface area contributed by atoms with Crippen LogP contribution in [0.15, 0.2) is 54.1 Å². The number of nitrogen functional groups attached to an aromatic ring is 1. The zero-order valence-corrected chi connectivity index (χ0v) is 19.7. The molecule has 11 nitrogen and oxygen atoms in total. The normalized spacial score (nSPS) is 22.2. The smallest absolute Gasteiger partial charge is 0.158 e. The highest BCUT2D eigenvalue weighted by atomic mass is 16.3. The van der Waals surface area contributed by atoms with Crippen molar-refractivity contribution in [2.24, 2.45) is 10.9 Å². The van der Waals surface area contributed by atoms with Gasteiger partial charge in [-0.1, -0.05) is 0 Å². The standard InChI is InChI=1S/C24H33N9O2/c25-22-12-26-11-20(29-22)21-14-33-6-5-27-24(33)23(30-21)28-18-1-3-19(4-2-18)32-9-7-31(8-10-32)13-17(15-34)16-35/h1-6,11-12,17,21,24,27,34-35H,7-10,13-16H2,(H2,25,29)(H,28,30). The van der Waals surface area contributed by atoms with Crippen LogP contribution < -0.4 is 21.3 Å². The molecule has 1 aromatic heterocycles. The number of hydrogen-bond donors (Lipinski definition) is 5. The van der Waals surface area contributed by atoms with Gasteiger partial charge in [0.25, 0.3) is 0 Å². The van der Waals surface area contributed by atoms with Gasteiger partial charge in [0.2, 0.25) is 0 Å². The summed E-state index contributed by atoms with van der Waals surface area (Å²) in [7, 11) is 0. The highest BCUT2D eigenvalue weighted by molar-refractivity contribution is 6.00. The highest BCUT2D eigenvalue weighted by Gasteiger charge is 2.33. The van der Waals surface area contributed by atoms with Gasteiger partial charge in [0.15, 0.2) is 6.17 Å². The second-order valence-electron chi connectivity index (χ2n) is 9.17. The molecular weight excluding hydrogens is 446 g/mol. The molecule has 0 spiro atoms. The van der Waals surface area contributed by atoms with E-state index in [0.29, 0.717) is 12.4 Å². The van der Waals surface area contributed by atoms with Crippen molar-refractivity contribution in [2.75, 3.05) is 68.4 Å². The number of piperazine rings is 1. The van der Waals surface area contributed by atoms with Crippen LogP contribution in [0.5, 0.6) is 0 Å². The number of aliphatic hydroxyl groups is 2. The van der Waals surface area contributed by atoms with Crippen LogP contribution in [-0.4, -0.2) is 94.5 Å². The summed E-state index contributed by atoms with van der Waals surface area (Å²) in [5.41, 5.74) is 8.74. The zero-order chi connectivity index (χ0) is 24.2. The highest BCUT2D eigenvalue weighted by Crippen LogP contribution is 2.27. The summed E-state index contributed by atoms with van der Waals surface area (Å²) in [4.78, 5) is 20.4. The summed E-state index contributed by atoms with van der Waals surface area (Å²) < 4.78 is 0. The molecule has 2 atom stereocenters. The van der Waals surface area contributed by atoms with Gasteiger partial charge in [-0.25, -0.2) is 4.98 Å². The fraction of sp³-hybridized carbons (Fsp3) is 0.458. The number of hydrogen-bond acceptors (Lipinski definition) is 11. The first-order valence-electron chi connectivity index (χ1n) is 12.0. The number of aromatic nitrogens is 2. The minimum Gasteiger partial charge on any atom is -0.396 e. The third-order valence-electron chi connectivity index (χ3n) is 6.71. The van der Waals surface area contributed by atoms with E-state index < -0.39 is 0 Å². The fourth-order valence-electron chi connectivity index (χ4n) is 4.74. The van der Waals surface area contributed by atoms with Crippen molar-refractivity contribution < 1.29 is 10.2 Å².